The summed E-state index contributed by atoms with van der Waals surface area (Å²) in [5.74, 6) is 3.48. The van der Waals surface area contributed by atoms with Crippen molar-refractivity contribution in [2.24, 2.45) is 0 Å². The van der Waals surface area contributed by atoms with Crippen molar-refractivity contribution in [3.05, 3.63) is 181 Å². The fourth-order valence-corrected chi connectivity index (χ4v) is 8.29. The van der Waals surface area contributed by atoms with Gasteiger partial charge < -0.3 is 0 Å². The van der Waals surface area contributed by atoms with Crippen molar-refractivity contribution in [3.8, 4) is 85.5 Å². The monoisotopic (exact) mass is 747 g/mol. The van der Waals surface area contributed by atoms with Crippen LogP contribution >= 0.6 is 11.3 Å². The van der Waals surface area contributed by atoms with Crippen molar-refractivity contribution in [2.75, 3.05) is 0 Å². The van der Waals surface area contributed by atoms with Gasteiger partial charge in [0.15, 0.2) is 34.9 Å². The molecule has 0 aliphatic rings. The normalized spacial score (nSPS) is 11.1. The van der Waals surface area contributed by atoms with Gasteiger partial charge in [0.05, 0.1) is 11.6 Å². The molecular weight excluding hydrogens is 719 g/mol. The van der Waals surface area contributed by atoms with Gasteiger partial charge >= 0.3 is 0 Å². The molecule has 10 aromatic rings. The Labute approximate surface area is 332 Å². The lowest BCUT2D eigenvalue weighted by atomic mass is 9.98. The van der Waals surface area contributed by atoms with Gasteiger partial charge in [0.25, 0.3) is 0 Å². The molecule has 7 aromatic carbocycles. The molecule has 0 atom stereocenters. The summed E-state index contributed by atoms with van der Waals surface area (Å²) in [6.45, 7) is 0. The van der Waals surface area contributed by atoms with Gasteiger partial charge in [-0.2, -0.15) is 5.26 Å². The number of aromatic nitrogens is 6. The second-order valence-corrected chi connectivity index (χ2v) is 14.5. The zero-order chi connectivity index (χ0) is 38.1. The molecule has 10 rings (SSSR count). The number of fused-ring (bicyclic) bond motifs is 3. The summed E-state index contributed by atoms with van der Waals surface area (Å²) in [7, 11) is 0. The van der Waals surface area contributed by atoms with Gasteiger partial charge in [-0.1, -0.05) is 152 Å². The fraction of sp³-hybridized carbons (Fsp3) is 0. The molecule has 3 aromatic heterocycles. The average Bonchev–Trinajstić information content (AvgIpc) is 3.68. The highest BCUT2D eigenvalue weighted by Gasteiger charge is 2.18. The van der Waals surface area contributed by atoms with E-state index in [2.05, 4.69) is 48.5 Å². The molecule has 0 aliphatic carbocycles. The lowest BCUT2D eigenvalue weighted by molar-refractivity contribution is 1.07. The maximum atomic E-state index is 10.3. The first-order valence-corrected chi connectivity index (χ1v) is 19.2. The van der Waals surface area contributed by atoms with E-state index >= 15 is 0 Å². The second-order valence-electron chi connectivity index (χ2n) is 13.5. The number of hydrogen-bond donors (Lipinski definition) is 0. The molecule has 7 nitrogen and oxygen atoms in total. The predicted molar refractivity (Wildman–Crippen MR) is 229 cm³/mol. The van der Waals surface area contributed by atoms with Gasteiger partial charge in [0, 0.05) is 53.6 Å². The zero-order valence-electron chi connectivity index (χ0n) is 30.3. The van der Waals surface area contributed by atoms with E-state index in [9.17, 15) is 5.26 Å². The van der Waals surface area contributed by atoms with Crippen LogP contribution in [0.4, 0.5) is 0 Å². The van der Waals surface area contributed by atoms with Gasteiger partial charge in [-0.15, -0.1) is 11.3 Å². The Hall–Kier alpha value is -7.73. The standard InChI is InChI=1S/C49H29N7S/c50-30-31-26-37(28-38(27-31)49-55-46(34-18-9-3-10-19-34)52-47(56-49)35-20-11-4-12-21-35)39-22-13-23-41-40-25-24-36(29-42(40)57-43(39)41)48-53-44(32-14-5-1-6-15-32)51-45(54-48)33-16-7-2-8-17-33/h1-29H. The molecule has 8 heteroatoms. The first-order valence-electron chi connectivity index (χ1n) is 18.4. The number of rotatable bonds is 7. The lowest BCUT2D eigenvalue weighted by Gasteiger charge is -2.11. The van der Waals surface area contributed by atoms with Crippen molar-refractivity contribution in [1.82, 2.24) is 29.9 Å². The topological polar surface area (TPSA) is 101 Å². The van der Waals surface area contributed by atoms with E-state index in [-0.39, 0.29) is 0 Å². The molecule has 57 heavy (non-hydrogen) atoms. The molecule has 0 bridgehead atoms. The third-order valence-electron chi connectivity index (χ3n) is 9.79. The number of thiophene rings is 1. The van der Waals surface area contributed by atoms with E-state index < -0.39 is 0 Å². The molecule has 0 radical (unpaired) electrons. The molecule has 0 spiro atoms. The van der Waals surface area contributed by atoms with Gasteiger partial charge in [-0.25, -0.2) is 29.9 Å². The van der Waals surface area contributed by atoms with E-state index in [1.165, 1.54) is 0 Å². The molecule has 0 unspecified atom stereocenters. The zero-order valence-corrected chi connectivity index (χ0v) is 31.1. The summed E-state index contributed by atoms with van der Waals surface area (Å²) in [6, 6.07) is 60.8. The Morgan fingerprint density at radius 3 is 1.26 bits per heavy atom. The van der Waals surface area contributed by atoms with Crippen LogP contribution in [0.15, 0.2) is 176 Å². The van der Waals surface area contributed by atoms with Crippen LogP contribution in [0.5, 0.6) is 0 Å². The molecular formula is C49H29N7S. The number of hydrogen-bond acceptors (Lipinski definition) is 8. The van der Waals surface area contributed by atoms with Crippen molar-refractivity contribution in [1.29, 1.82) is 5.26 Å². The molecule has 0 saturated heterocycles. The van der Waals surface area contributed by atoms with Crippen LogP contribution in [-0.4, -0.2) is 29.9 Å². The SMILES string of the molecule is N#Cc1cc(-c2nc(-c3ccccc3)nc(-c3ccccc3)n2)cc(-c2cccc3c2sc2cc(-c4nc(-c5ccccc5)nc(-c5ccccc5)n4)ccc23)c1. The van der Waals surface area contributed by atoms with Crippen LogP contribution in [0.3, 0.4) is 0 Å². The number of nitrogens with zero attached hydrogens (tertiary/aromatic N) is 7. The summed E-state index contributed by atoms with van der Waals surface area (Å²) in [5.41, 5.74) is 7.70. The van der Waals surface area contributed by atoms with E-state index in [0.29, 0.717) is 40.5 Å². The van der Waals surface area contributed by atoms with Crippen molar-refractivity contribution < 1.29 is 0 Å². The van der Waals surface area contributed by atoms with Crippen molar-refractivity contribution in [2.45, 2.75) is 0 Å². The van der Waals surface area contributed by atoms with Gasteiger partial charge in [0.2, 0.25) is 0 Å². The minimum Gasteiger partial charge on any atom is -0.208 e. The first-order chi connectivity index (χ1) is 28.2. The smallest absolute Gasteiger partial charge is 0.164 e. The molecule has 0 fully saturated rings. The summed E-state index contributed by atoms with van der Waals surface area (Å²) in [4.78, 5) is 29.6. The molecule has 0 N–H and O–H groups in total. The highest BCUT2D eigenvalue weighted by molar-refractivity contribution is 7.26. The summed E-state index contributed by atoms with van der Waals surface area (Å²) >= 11 is 1.71. The van der Waals surface area contributed by atoms with Crippen molar-refractivity contribution >= 4 is 31.5 Å². The van der Waals surface area contributed by atoms with Crippen LogP contribution in [0.2, 0.25) is 0 Å². The lowest BCUT2D eigenvalue weighted by Crippen LogP contribution is -2.00. The van der Waals surface area contributed by atoms with Crippen LogP contribution in [0.25, 0.3) is 99.6 Å². The average molecular weight is 748 g/mol. The van der Waals surface area contributed by atoms with Crippen LogP contribution < -0.4 is 0 Å². The summed E-state index contributed by atoms with van der Waals surface area (Å²) in [5, 5.41) is 12.5. The number of benzene rings is 7. The fourth-order valence-electron chi connectivity index (χ4n) is 7.02. The van der Waals surface area contributed by atoms with Crippen LogP contribution in [0, 0.1) is 11.3 Å². The maximum Gasteiger partial charge on any atom is 0.164 e. The van der Waals surface area contributed by atoms with E-state index in [0.717, 1.165) is 64.7 Å². The molecule has 3 heterocycles. The third kappa shape index (κ3) is 6.59. The second kappa shape index (κ2) is 14.5. The van der Waals surface area contributed by atoms with E-state index in [1.807, 2.05) is 133 Å². The van der Waals surface area contributed by atoms with Crippen LogP contribution in [-0.2, 0) is 0 Å². The quantitative estimate of drug-likeness (QED) is 0.160. The molecule has 266 valence electrons. The molecule has 0 aliphatic heterocycles. The first kappa shape index (κ1) is 33.8. The Morgan fingerprint density at radius 1 is 0.351 bits per heavy atom. The van der Waals surface area contributed by atoms with Gasteiger partial charge in [-0.05, 0) is 35.4 Å². The van der Waals surface area contributed by atoms with E-state index in [1.54, 1.807) is 11.3 Å². The Morgan fingerprint density at radius 2 is 0.789 bits per heavy atom. The Balaban J connectivity index is 1.10. The maximum absolute atomic E-state index is 10.3. The predicted octanol–water partition coefficient (Wildman–Crippen LogP) is 12.0. The summed E-state index contributed by atoms with van der Waals surface area (Å²) in [6.07, 6.45) is 0. The minimum absolute atomic E-state index is 0.497. The molecule has 0 amide bonds. The highest BCUT2D eigenvalue weighted by Crippen LogP contribution is 2.42. The number of nitriles is 1. The van der Waals surface area contributed by atoms with Gasteiger partial charge in [0.1, 0.15) is 0 Å². The largest absolute Gasteiger partial charge is 0.208 e. The van der Waals surface area contributed by atoms with Crippen molar-refractivity contribution in [3.63, 3.8) is 0 Å². The van der Waals surface area contributed by atoms with Crippen LogP contribution in [0.1, 0.15) is 5.56 Å². The van der Waals surface area contributed by atoms with E-state index in [4.69, 9.17) is 29.9 Å². The minimum atomic E-state index is 0.497. The molecule has 0 saturated carbocycles. The Bertz CT molecular complexity index is 3010. The Kier molecular flexibility index (Phi) is 8.60. The van der Waals surface area contributed by atoms with Gasteiger partial charge in [-0.3, -0.25) is 0 Å². The third-order valence-corrected chi connectivity index (χ3v) is 11.0. The summed E-state index contributed by atoms with van der Waals surface area (Å²) < 4.78 is 2.22. The highest BCUT2D eigenvalue weighted by atomic mass is 32.1.